The van der Waals surface area contributed by atoms with Crippen LogP contribution in [0.2, 0.25) is 0 Å². The summed E-state index contributed by atoms with van der Waals surface area (Å²) in [7, 11) is 1.28. The number of carbonyl (C=O) groups is 2. The maximum Gasteiger partial charge on any atom is 0.337 e. The molecule has 0 fully saturated rings. The number of halogens is 1. The van der Waals surface area contributed by atoms with Gasteiger partial charge in [0.25, 0.3) is 0 Å². The molecule has 2 amide bonds. The van der Waals surface area contributed by atoms with Crippen LogP contribution >= 0.6 is 22.6 Å². The van der Waals surface area contributed by atoms with E-state index in [0.717, 1.165) is 20.4 Å². The van der Waals surface area contributed by atoms with Gasteiger partial charge in [-0.2, -0.15) is 5.10 Å². The minimum absolute atomic E-state index is 0.133. The molecule has 1 aliphatic rings. The second-order valence-corrected chi connectivity index (χ2v) is 11.7. The van der Waals surface area contributed by atoms with Gasteiger partial charge >= 0.3 is 12.0 Å². The van der Waals surface area contributed by atoms with Crippen molar-refractivity contribution in [3.63, 3.8) is 0 Å². The summed E-state index contributed by atoms with van der Waals surface area (Å²) in [5.41, 5.74) is 5.87. The Hall–Kier alpha value is -4.82. The van der Waals surface area contributed by atoms with Crippen LogP contribution in [0.4, 0.5) is 4.79 Å². The first-order valence-corrected chi connectivity index (χ1v) is 16.0. The maximum absolute atomic E-state index is 12.5. The van der Waals surface area contributed by atoms with E-state index in [4.69, 9.17) is 18.9 Å². The predicted molar refractivity (Wildman–Crippen MR) is 186 cm³/mol. The smallest absolute Gasteiger partial charge is 0.337 e. The van der Waals surface area contributed by atoms with E-state index in [1.165, 1.54) is 17.9 Å². The van der Waals surface area contributed by atoms with Gasteiger partial charge in [-0.25, -0.2) is 9.59 Å². The number of carbonyl (C=O) groups excluding carboxylic acids is 2. The zero-order chi connectivity index (χ0) is 33.3. The third kappa shape index (κ3) is 8.32. The van der Waals surface area contributed by atoms with Crippen LogP contribution in [0.25, 0.3) is 10.8 Å². The fourth-order valence-electron chi connectivity index (χ4n) is 5.11. The molecule has 4 aromatic carbocycles. The molecule has 5 rings (SSSR count). The van der Waals surface area contributed by atoms with E-state index in [-0.39, 0.29) is 12.2 Å². The Labute approximate surface area is 286 Å². The fourth-order valence-corrected chi connectivity index (χ4v) is 5.80. The predicted octanol–water partition coefficient (Wildman–Crippen LogP) is 5.54. The lowest BCUT2D eigenvalue weighted by atomic mass is 9.95. The van der Waals surface area contributed by atoms with Crippen molar-refractivity contribution in [2.24, 2.45) is 5.10 Å². The number of ether oxygens (including phenoxy) is 4. The largest absolute Gasteiger partial charge is 0.490 e. The SMILES string of the molecule is CCOc1cc([C@@H]2NC(=O)NC(C)=C2C(=O)OC)ccc1OC[C@H](O)N/N=C\c1ccc(OCc2cccc3ccccc23)c(I)c1. The average molecular weight is 751 g/mol. The van der Waals surface area contributed by atoms with Gasteiger partial charge in [0.15, 0.2) is 17.7 Å². The van der Waals surface area contributed by atoms with Crippen molar-refractivity contribution in [3.8, 4) is 17.2 Å². The number of aliphatic hydroxyl groups excluding tert-OH is 1. The molecular formula is C35H35IN4O7. The van der Waals surface area contributed by atoms with Gasteiger partial charge in [0, 0.05) is 5.70 Å². The van der Waals surface area contributed by atoms with Crippen LogP contribution in [0, 0.1) is 3.57 Å². The molecule has 0 saturated carbocycles. The summed E-state index contributed by atoms with van der Waals surface area (Å²) in [5, 5.41) is 22.3. The Morgan fingerprint density at radius 1 is 1.02 bits per heavy atom. The number of esters is 1. The van der Waals surface area contributed by atoms with Crippen LogP contribution < -0.4 is 30.3 Å². The van der Waals surface area contributed by atoms with Gasteiger partial charge < -0.3 is 34.7 Å². The third-order valence-electron chi connectivity index (χ3n) is 7.33. The Morgan fingerprint density at radius 3 is 2.60 bits per heavy atom. The summed E-state index contributed by atoms with van der Waals surface area (Å²) in [6.45, 7) is 4.11. The molecule has 0 aliphatic carbocycles. The first-order chi connectivity index (χ1) is 22.8. The summed E-state index contributed by atoms with van der Waals surface area (Å²) in [6, 6.07) is 24.0. The van der Waals surface area contributed by atoms with Crippen molar-refractivity contribution in [2.75, 3.05) is 20.3 Å². The second-order valence-electron chi connectivity index (χ2n) is 10.5. The van der Waals surface area contributed by atoms with Crippen molar-refractivity contribution >= 4 is 51.6 Å². The van der Waals surface area contributed by atoms with Crippen molar-refractivity contribution in [3.05, 3.63) is 110 Å². The van der Waals surface area contributed by atoms with Gasteiger partial charge in [-0.1, -0.05) is 48.5 Å². The molecule has 4 N–H and O–H groups in total. The lowest BCUT2D eigenvalue weighted by Gasteiger charge is -2.28. The molecule has 0 radical (unpaired) electrons. The van der Waals surface area contributed by atoms with Crippen LogP contribution in [0.3, 0.4) is 0 Å². The molecule has 1 aliphatic heterocycles. The topological polar surface area (TPSA) is 140 Å². The number of benzene rings is 4. The number of methoxy groups -OCH3 is 1. The van der Waals surface area contributed by atoms with E-state index in [1.807, 2.05) is 43.3 Å². The number of aliphatic hydroxyl groups is 1. The Bertz CT molecular complexity index is 1820. The number of rotatable bonds is 13. The van der Waals surface area contributed by atoms with Crippen LogP contribution in [-0.4, -0.2) is 49.9 Å². The molecule has 0 unspecified atom stereocenters. The first-order valence-electron chi connectivity index (χ1n) is 14.9. The number of nitrogens with zero attached hydrogens (tertiary/aromatic N) is 1. The number of hydrogen-bond donors (Lipinski definition) is 4. The lowest BCUT2D eigenvalue weighted by Crippen LogP contribution is -2.45. The van der Waals surface area contributed by atoms with E-state index in [1.54, 1.807) is 31.3 Å². The van der Waals surface area contributed by atoms with Gasteiger partial charge in [0.2, 0.25) is 0 Å². The van der Waals surface area contributed by atoms with E-state index < -0.39 is 24.3 Å². The van der Waals surface area contributed by atoms with Crippen molar-refractivity contribution < 1.29 is 33.6 Å². The number of allylic oxidation sites excluding steroid dienone is 1. The second kappa shape index (κ2) is 15.6. The molecule has 47 heavy (non-hydrogen) atoms. The minimum Gasteiger partial charge on any atom is -0.490 e. The van der Waals surface area contributed by atoms with E-state index in [0.29, 0.717) is 36.0 Å². The van der Waals surface area contributed by atoms with E-state index in [2.05, 4.69) is 68.0 Å². The third-order valence-corrected chi connectivity index (χ3v) is 8.17. The zero-order valence-electron chi connectivity index (χ0n) is 26.1. The molecule has 4 aromatic rings. The number of fused-ring (bicyclic) bond motifs is 1. The Kier molecular flexibility index (Phi) is 11.2. The summed E-state index contributed by atoms with van der Waals surface area (Å²) >= 11 is 2.23. The Morgan fingerprint density at radius 2 is 1.81 bits per heavy atom. The van der Waals surface area contributed by atoms with Crippen LogP contribution in [0.15, 0.2) is 95.2 Å². The molecule has 2 atom stereocenters. The van der Waals surface area contributed by atoms with E-state index >= 15 is 0 Å². The van der Waals surface area contributed by atoms with Crippen LogP contribution in [0.5, 0.6) is 17.2 Å². The Balaban J connectivity index is 1.17. The quantitative estimate of drug-likeness (QED) is 0.0460. The molecule has 0 bridgehead atoms. The highest BCUT2D eigenvalue weighted by Crippen LogP contribution is 2.35. The molecule has 12 heteroatoms. The highest BCUT2D eigenvalue weighted by Gasteiger charge is 2.32. The van der Waals surface area contributed by atoms with Crippen molar-refractivity contribution in [1.29, 1.82) is 0 Å². The van der Waals surface area contributed by atoms with Gasteiger partial charge in [-0.05, 0) is 94.2 Å². The standard InChI is InChI=1S/C35H35IN4O7/c1-4-45-30-17-24(33-32(34(42)44-3)21(2)38-35(43)39-33)13-15-29(30)47-20-31(41)40-37-18-22-12-14-28(27(36)16-22)46-19-25-10-7-9-23-8-5-6-11-26(23)25/h5-18,31,33,40-41H,4,19-20H2,1-3H3,(H2,38,39,43)/b37-18-/t31-,33-/m0/s1. The normalized spacial score (nSPS) is 15.2. The number of urea groups is 1. The molecule has 0 saturated heterocycles. The lowest BCUT2D eigenvalue weighted by molar-refractivity contribution is -0.136. The minimum atomic E-state index is -1.12. The average Bonchev–Trinajstić information content (AvgIpc) is 3.06. The van der Waals surface area contributed by atoms with Crippen molar-refractivity contribution in [1.82, 2.24) is 16.1 Å². The summed E-state index contributed by atoms with van der Waals surface area (Å²) in [6.07, 6.45) is 0.477. The molecule has 0 spiro atoms. The number of hydrazone groups is 1. The summed E-state index contributed by atoms with van der Waals surface area (Å²) in [4.78, 5) is 24.6. The van der Waals surface area contributed by atoms with Crippen LogP contribution in [-0.2, 0) is 16.1 Å². The summed E-state index contributed by atoms with van der Waals surface area (Å²) in [5.74, 6) is 0.953. The number of nitrogens with one attached hydrogen (secondary N) is 3. The van der Waals surface area contributed by atoms with Gasteiger partial charge in [0.05, 0.1) is 35.1 Å². The number of amides is 2. The van der Waals surface area contributed by atoms with Gasteiger partial charge in [-0.3, -0.25) is 5.43 Å². The maximum atomic E-state index is 12.5. The van der Waals surface area contributed by atoms with Crippen molar-refractivity contribution in [2.45, 2.75) is 32.7 Å². The fraction of sp³-hybridized carbons (Fsp3) is 0.229. The number of hydrogen-bond acceptors (Lipinski definition) is 9. The van der Waals surface area contributed by atoms with E-state index in [9.17, 15) is 14.7 Å². The highest BCUT2D eigenvalue weighted by atomic mass is 127. The zero-order valence-corrected chi connectivity index (χ0v) is 28.2. The first kappa shape index (κ1) is 33.5. The molecule has 244 valence electrons. The molecule has 1 heterocycles. The highest BCUT2D eigenvalue weighted by molar-refractivity contribution is 14.1. The molecule has 11 nitrogen and oxygen atoms in total. The van der Waals surface area contributed by atoms with Crippen LogP contribution in [0.1, 0.15) is 36.6 Å². The van der Waals surface area contributed by atoms with Gasteiger partial charge in [0.1, 0.15) is 19.0 Å². The molecule has 0 aromatic heterocycles. The monoisotopic (exact) mass is 750 g/mol. The molecular weight excluding hydrogens is 715 g/mol. The van der Waals surface area contributed by atoms with Gasteiger partial charge in [-0.15, -0.1) is 0 Å². The summed E-state index contributed by atoms with van der Waals surface area (Å²) < 4.78 is 23.6.